The molecular weight excluding hydrogens is 256 g/mol. The summed E-state index contributed by atoms with van der Waals surface area (Å²) < 4.78 is 5.46. The molecule has 3 heterocycles. The fourth-order valence-electron chi connectivity index (χ4n) is 2.93. The van der Waals surface area contributed by atoms with Crippen LogP contribution in [0.1, 0.15) is 27.2 Å². The highest BCUT2D eigenvalue weighted by Gasteiger charge is 2.46. The lowest BCUT2D eigenvalue weighted by atomic mass is 10.2. The van der Waals surface area contributed by atoms with Crippen LogP contribution in [0.4, 0.5) is 10.6 Å². The van der Waals surface area contributed by atoms with Gasteiger partial charge < -0.3 is 14.5 Å². The Balaban J connectivity index is 1.66. The molecule has 1 amide bonds. The quantitative estimate of drug-likeness (QED) is 0.781. The van der Waals surface area contributed by atoms with Gasteiger partial charge in [-0.05, 0) is 27.2 Å². The van der Waals surface area contributed by atoms with Gasteiger partial charge in [0.25, 0.3) is 0 Å². The van der Waals surface area contributed by atoms with E-state index in [2.05, 4.69) is 14.9 Å². The van der Waals surface area contributed by atoms with Crippen molar-refractivity contribution in [2.45, 2.75) is 44.9 Å². The molecule has 20 heavy (non-hydrogen) atoms. The molecule has 0 spiro atoms. The van der Waals surface area contributed by atoms with E-state index >= 15 is 0 Å². The lowest BCUT2D eigenvalue weighted by molar-refractivity contribution is 0.0214. The molecular formula is C14H20N4O2. The van der Waals surface area contributed by atoms with E-state index in [-0.39, 0.29) is 12.1 Å². The van der Waals surface area contributed by atoms with E-state index in [1.54, 1.807) is 18.6 Å². The van der Waals surface area contributed by atoms with Crippen molar-refractivity contribution in [2.75, 3.05) is 18.0 Å². The van der Waals surface area contributed by atoms with E-state index in [1.807, 2.05) is 25.7 Å². The molecule has 6 heteroatoms. The van der Waals surface area contributed by atoms with Crippen LogP contribution in [-0.2, 0) is 4.74 Å². The first-order chi connectivity index (χ1) is 9.44. The minimum Gasteiger partial charge on any atom is -0.444 e. The Kier molecular flexibility index (Phi) is 3.03. The highest BCUT2D eigenvalue weighted by Crippen LogP contribution is 2.34. The lowest BCUT2D eigenvalue weighted by Crippen LogP contribution is -2.50. The first kappa shape index (κ1) is 13.1. The number of likely N-dealkylation sites (tertiary alicyclic amines) is 1. The fraction of sp³-hybridized carbons (Fsp3) is 0.643. The molecule has 0 saturated carbocycles. The Morgan fingerprint density at radius 2 is 2.10 bits per heavy atom. The summed E-state index contributed by atoms with van der Waals surface area (Å²) >= 11 is 0. The molecule has 2 aliphatic rings. The summed E-state index contributed by atoms with van der Waals surface area (Å²) in [5.41, 5.74) is -0.441. The molecule has 0 aliphatic carbocycles. The van der Waals surface area contributed by atoms with Crippen LogP contribution in [0, 0.1) is 0 Å². The number of piperazine rings is 1. The van der Waals surface area contributed by atoms with E-state index in [0.29, 0.717) is 12.6 Å². The molecule has 2 aliphatic heterocycles. The SMILES string of the molecule is CC(C)(C)OC(=O)N1CC2CC1CN2c1cnccn1. The number of aromatic nitrogens is 2. The van der Waals surface area contributed by atoms with E-state index in [0.717, 1.165) is 18.8 Å². The summed E-state index contributed by atoms with van der Waals surface area (Å²) in [5, 5.41) is 0. The molecule has 0 aromatic carbocycles. The van der Waals surface area contributed by atoms with Gasteiger partial charge in [-0.25, -0.2) is 9.78 Å². The zero-order valence-corrected chi connectivity index (χ0v) is 12.1. The summed E-state index contributed by atoms with van der Waals surface area (Å²) in [4.78, 5) is 24.7. The Bertz CT molecular complexity index is 500. The molecule has 2 unspecified atom stereocenters. The summed E-state index contributed by atoms with van der Waals surface area (Å²) in [7, 11) is 0. The third-order valence-corrected chi connectivity index (χ3v) is 3.71. The number of hydrogen-bond donors (Lipinski definition) is 0. The predicted molar refractivity (Wildman–Crippen MR) is 74.5 cm³/mol. The van der Waals surface area contributed by atoms with E-state index in [4.69, 9.17) is 4.74 Å². The molecule has 1 aromatic heterocycles. The van der Waals surface area contributed by atoms with Gasteiger partial charge in [0, 0.05) is 25.5 Å². The number of amides is 1. The van der Waals surface area contributed by atoms with Crippen molar-refractivity contribution in [1.82, 2.24) is 14.9 Å². The van der Waals surface area contributed by atoms with E-state index in [1.165, 1.54) is 0 Å². The molecule has 2 saturated heterocycles. The normalized spacial score (nSPS) is 25.1. The smallest absolute Gasteiger partial charge is 0.410 e. The van der Waals surface area contributed by atoms with Crippen LogP contribution in [0.3, 0.4) is 0 Å². The van der Waals surface area contributed by atoms with Crippen LogP contribution in [0.15, 0.2) is 18.6 Å². The van der Waals surface area contributed by atoms with E-state index in [9.17, 15) is 4.79 Å². The average Bonchev–Trinajstić information content (AvgIpc) is 2.97. The highest BCUT2D eigenvalue weighted by molar-refractivity contribution is 5.70. The number of rotatable bonds is 1. The standard InChI is InChI=1S/C14H20N4O2/c1-14(2,3)20-13(19)18-9-10-6-11(18)8-17(10)12-7-15-4-5-16-12/h4-5,7,10-11H,6,8-9H2,1-3H3. The molecule has 1 aromatic rings. The molecule has 6 nitrogen and oxygen atoms in total. The number of ether oxygens (including phenoxy) is 1. The first-order valence-electron chi connectivity index (χ1n) is 6.96. The Hall–Kier alpha value is -1.85. The number of carbonyl (C=O) groups is 1. The number of anilines is 1. The lowest BCUT2D eigenvalue weighted by Gasteiger charge is -2.35. The van der Waals surface area contributed by atoms with Crippen LogP contribution in [-0.4, -0.2) is 51.7 Å². The van der Waals surface area contributed by atoms with Gasteiger partial charge >= 0.3 is 6.09 Å². The van der Waals surface area contributed by atoms with Gasteiger partial charge in [0.15, 0.2) is 0 Å². The maximum atomic E-state index is 12.2. The molecule has 2 fully saturated rings. The number of nitrogens with zero attached hydrogens (tertiary/aromatic N) is 4. The van der Waals surface area contributed by atoms with E-state index < -0.39 is 5.60 Å². The first-order valence-corrected chi connectivity index (χ1v) is 6.96. The second-order valence-corrected chi connectivity index (χ2v) is 6.39. The Labute approximate surface area is 118 Å². The van der Waals surface area contributed by atoms with Gasteiger partial charge in [-0.15, -0.1) is 0 Å². The minimum atomic E-state index is -0.441. The zero-order valence-electron chi connectivity index (χ0n) is 12.1. The van der Waals surface area contributed by atoms with Crippen LogP contribution < -0.4 is 4.90 Å². The minimum absolute atomic E-state index is 0.205. The molecule has 2 bridgehead atoms. The molecule has 108 valence electrons. The maximum Gasteiger partial charge on any atom is 0.410 e. The van der Waals surface area contributed by atoms with Gasteiger partial charge in [0.1, 0.15) is 11.4 Å². The van der Waals surface area contributed by atoms with Crippen LogP contribution >= 0.6 is 0 Å². The molecule has 3 rings (SSSR count). The fourth-order valence-corrected chi connectivity index (χ4v) is 2.93. The molecule has 2 atom stereocenters. The van der Waals surface area contributed by atoms with Crippen molar-refractivity contribution < 1.29 is 9.53 Å². The van der Waals surface area contributed by atoms with Gasteiger partial charge in [-0.3, -0.25) is 4.98 Å². The topological polar surface area (TPSA) is 58.6 Å². The Morgan fingerprint density at radius 3 is 2.65 bits per heavy atom. The number of hydrogen-bond acceptors (Lipinski definition) is 5. The van der Waals surface area contributed by atoms with Crippen molar-refractivity contribution in [1.29, 1.82) is 0 Å². The van der Waals surface area contributed by atoms with Gasteiger partial charge in [-0.2, -0.15) is 0 Å². The summed E-state index contributed by atoms with van der Waals surface area (Å²) in [6, 6.07) is 0.543. The third kappa shape index (κ3) is 2.42. The third-order valence-electron chi connectivity index (χ3n) is 3.71. The van der Waals surface area contributed by atoms with Crippen molar-refractivity contribution >= 4 is 11.9 Å². The zero-order chi connectivity index (χ0) is 14.3. The molecule has 0 N–H and O–H groups in total. The second-order valence-electron chi connectivity index (χ2n) is 6.39. The predicted octanol–water partition coefficient (Wildman–Crippen LogP) is 1.67. The van der Waals surface area contributed by atoms with Crippen molar-refractivity contribution in [3.05, 3.63) is 18.6 Å². The van der Waals surface area contributed by atoms with Gasteiger partial charge in [0.05, 0.1) is 18.3 Å². The van der Waals surface area contributed by atoms with Crippen molar-refractivity contribution in [2.24, 2.45) is 0 Å². The van der Waals surface area contributed by atoms with Crippen molar-refractivity contribution in [3.63, 3.8) is 0 Å². The monoisotopic (exact) mass is 276 g/mol. The highest BCUT2D eigenvalue weighted by atomic mass is 16.6. The average molecular weight is 276 g/mol. The van der Waals surface area contributed by atoms with Gasteiger partial charge in [0.2, 0.25) is 0 Å². The van der Waals surface area contributed by atoms with Crippen LogP contribution in [0.2, 0.25) is 0 Å². The summed E-state index contributed by atoms with van der Waals surface area (Å²) in [5.74, 6) is 0.892. The number of fused-ring (bicyclic) bond motifs is 2. The second kappa shape index (κ2) is 4.61. The van der Waals surface area contributed by atoms with Gasteiger partial charge in [-0.1, -0.05) is 0 Å². The summed E-state index contributed by atoms with van der Waals surface area (Å²) in [6.45, 7) is 7.19. The van der Waals surface area contributed by atoms with Crippen LogP contribution in [0.5, 0.6) is 0 Å². The molecule has 0 radical (unpaired) electrons. The number of carbonyl (C=O) groups excluding carboxylic acids is 1. The maximum absolute atomic E-state index is 12.2. The van der Waals surface area contributed by atoms with Crippen molar-refractivity contribution in [3.8, 4) is 0 Å². The van der Waals surface area contributed by atoms with Crippen LogP contribution in [0.25, 0.3) is 0 Å². The Morgan fingerprint density at radius 1 is 1.30 bits per heavy atom. The summed E-state index contributed by atoms with van der Waals surface area (Å²) in [6.07, 6.45) is 5.93. The largest absolute Gasteiger partial charge is 0.444 e.